The molecule has 0 spiro atoms. The Morgan fingerprint density at radius 2 is 1.70 bits per heavy atom. The van der Waals surface area contributed by atoms with E-state index in [4.69, 9.17) is 9.32 Å². The number of alkyl halides is 5. The Balaban J connectivity index is 1.24. The zero-order chi connectivity index (χ0) is 33.9. The van der Waals surface area contributed by atoms with E-state index in [1.165, 1.54) is 5.56 Å². The van der Waals surface area contributed by atoms with E-state index in [0.29, 0.717) is 35.8 Å². The molecule has 0 bridgehead atoms. The number of aliphatic hydroxyl groups excluding tert-OH is 1. The Kier molecular flexibility index (Phi) is 12.2. The van der Waals surface area contributed by atoms with Gasteiger partial charge in [0, 0.05) is 6.42 Å². The van der Waals surface area contributed by atoms with Crippen molar-refractivity contribution in [2.45, 2.75) is 121 Å². The standard InChI is InChI=1S/C33H48F5NO5S2/c1-22-29(40)21-28-30-23(11-8-6-4-3-5-7-9-17-45(41)18-10-15-32(34,35)33(36,37)38)19-24-20-25(44-46(39,42)43)12-13-26(24)27(30)14-16-31(22,28)2/h12-13,20,23,27-30,40H,1,3-11,14-19,21H2,2H3,(H2,39,42,43)/t23-,27?,28?,29-,30?,31-,45?/m1/s1. The van der Waals surface area contributed by atoms with Crippen molar-refractivity contribution in [1.82, 2.24) is 0 Å². The van der Waals surface area contributed by atoms with Crippen LogP contribution in [-0.4, -0.2) is 47.8 Å². The largest absolute Gasteiger partial charge is 0.616 e. The Labute approximate surface area is 273 Å². The first-order chi connectivity index (χ1) is 21.4. The lowest BCUT2D eigenvalue weighted by Crippen LogP contribution is -2.44. The molecule has 0 heterocycles. The van der Waals surface area contributed by atoms with Gasteiger partial charge < -0.3 is 13.8 Å². The first-order valence-corrected chi connectivity index (χ1v) is 19.4. The minimum absolute atomic E-state index is 0.0924. The van der Waals surface area contributed by atoms with Crippen molar-refractivity contribution >= 4 is 21.5 Å². The normalized spacial score (nSPS) is 28.8. The molecule has 4 unspecified atom stereocenters. The van der Waals surface area contributed by atoms with E-state index in [-0.39, 0.29) is 16.9 Å². The Bertz CT molecular complexity index is 1310. The van der Waals surface area contributed by atoms with Crippen molar-refractivity contribution in [2.75, 3.05) is 11.5 Å². The van der Waals surface area contributed by atoms with Crippen LogP contribution in [0.4, 0.5) is 22.0 Å². The van der Waals surface area contributed by atoms with Crippen LogP contribution in [0, 0.1) is 23.2 Å². The van der Waals surface area contributed by atoms with Gasteiger partial charge in [0.15, 0.2) is 0 Å². The summed E-state index contributed by atoms with van der Waals surface area (Å²) < 4.78 is 103. The van der Waals surface area contributed by atoms with E-state index in [1.54, 1.807) is 6.07 Å². The third-order valence-electron chi connectivity index (χ3n) is 10.8. The van der Waals surface area contributed by atoms with E-state index < -0.39 is 52.5 Å². The molecule has 2 fully saturated rings. The molecule has 46 heavy (non-hydrogen) atoms. The highest BCUT2D eigenvalue weighted by Crippen LogP contribution is 2.64. The van der Waals surface area contributed by atoms with Gasteiger partial charge in [-0.15, -0.1) is 0 Å². The second kappa shape index (κ2) is 15.0. The van der Waals surface area contributed by atoms with Crippen LogP contribution in [-0.2, 0) is 27.9 Å². The second-order valence-electron chi connectivity index (χ2n) is 13.8. The molecule has 262 valence electrons. The van der Waals surface area contributed by atoms with Gasteiger partial charge in [-0.1, -0.05) is 62.8 Å². The average Bonchev–Trinajstić information content (AvgIpc) is 3.18. The van der Waals surface area contributed by atoms with Gasteiger partial charge in [0.25, 0.3) is 0 Å². The highest BCUT2D eigenvalue weighted by atomic mass is 32.2. The van der Waals surface area contributed by atoms with E-state index in [1.807, 2.05) is 12.1 Å². The molecular formula is C33H48F5NO5S2. The van der Waals surface area contributed by atoms with Crippen molar-refractivity contribution < 1.29 is 44.2 Å². The topological polar surface area (TPSA) is 113 Å². The first kappa shape index (κ1) is 37.4. The third kappa shape index (κ3) is 8.98. The van der Waals surface area contributed by atoms with Gasteiger partial charge in [0.1, 0.15) is 17.3 Å². The fraction of sp³-hybridized carbons (Fsp3) is 0.758. The van der Waals surface area contributed by atoms with E-state index >= 15 is 0 Å². The van der Waals surface area contributed by atoms with E-state index in [9.17, 15) is 40.0 Å². The summed E-state index contributed by atoms with van der Waals surface area (Å²) in [7, 11) is -4.13. The van der Waals surface area contributed by atoms with Crippen LogP contribution < -0.4 is 9.32 Å². The van der Waals surface area contributed by atoms with Crippen LogP contribution in [0.5, 0.6) is 5.75 Å². The molecule has 0 amide bonds. The SMILES string of the molecule is C=C1[C@H](O)CC2C3C(CC[C@]12C)c1ccc(OS(N)(=O)=O)cc1C[C@H]3CCCCCCCCC[S+]([O-])CCCC(F)(F)C(F)(F)F. The fourth-order valence-corrected chi connectivity index (χ4v) is 9.98. The maximum absolute atomic E-state index is 13.0. The maximum Gasteiger partial charge on any atom is 0.453 e. The van der Waals surface area contributed by atoms with Gasteiger partial charge in [0.2, 0.25) is 0 Å². The first-order valence-electron chi connectivity index (χ1n) is 16.4. The average molecular weight is 698 g/mol. The molecule has 3 N–H and O–H groups in total. The predicted octanol–water partition coefficient (Wildman–Crippen LogP) is 7.73. The lowest BCUT2D eigenvalue weighted by Gasteiger charge is -2.52. The molecule has 3 aliphatic rings. The highest BCUT2D eigenvalue weighted by molar-refractivity contribution is 7.91. The second-order valence-corrected chi connectivity index (χ2v) is 16.7. The van der Waals surface area contributed by atoms with Gasteiger partial charge in [0.05, 0.1) is 6.10 Å². The number of hydrogen-bond acceptors (Lipinski definition) is 5. The smallest absolute Gasteiger partial charge is 0.453 e. The summed E-state index contributed by atoms with van der Waals surface area (Å²) in [5.41, 5.74) is 3.19. The predicted molar refractivity (Wildman–Crippen MR) is 169 cm³/mol. The molecule has 0 radical (unpaired) electrons. The number of fused-ring (bicyclic) bond motifs is 5. The van der Waals surface area contributed by atoms with E-state index in [0.717, 1.165) is 81.8 Å². The van der Waals surface area contributed by atoms with Gasteiger partial charge in [-0.3, -0.25) is 0 Å². The van der Waals surface area contributed by atoms with Crippen molar-refractivity contribution in [1.29, 1.82) is 0 Å². The van der Waals surface area contributed by atoms with Crippen LogP contribution in [0.1, 0.15) is 107 Å². The van der Waals surface area contributed by atoms with Gasteiger partial charge in [-0.2, -0.15) is 35.5 Å². The van der Waals surface area contributed by atoms with Gasteiger partial charge in [-0.05, 0) is 109 Å². The van der Waals surface area contributed by atoms with Crippen molar-refractivity contribution in [3.05, 3.63) is 41.5 Å². The van der Waals surface area contributed by atoms with Crippen LogP contribution in [0.25, 0.3) is 0 Å². The minimum atomic E-state index is -5.57. The summed E-state index contributed by atoms with van der Waals surface area (Å²) in [4.78, 5) is 0. The zero-order valence-electron chi connectivity index (χ0n) is 26.5. The summed E-state index contributed by atoms with van der Waals surface area (Å²) in [6, 6.07) is 5.47. The number of unbranched alkanes of at least 4 members (excludes halogenated alkanes) is 6. The molecule has 2 saturated carbocycles. The molecule has 0 saturated heterocycles. The summed E-state index contributed by atoms with van der Waals surface area (Å²) >= 11 is -1.40. The molecule has 13 heteroatoms. The Morgan fingerprint density at radius 3 is 2.35 bits per heavy atom. The number of rotatable bonds is 16. The fourth-order valence-electron chi connectivity index (χ4n) is 8.41. The van der Waals surface area contributed by atoms with Crippen molar-refractivity contribution in [2.24, 2.45) is 28.3 Å². The van der Waals surface area contributed by atoms with Crippen LogP contribution in [0.2, 0.25) is 0 Å². The Hall–Kier alpha value is -1.41. The molecule has 6 nitrogen and oxygen atoms in total. The van der Waals surface area contributed by atoms with Crippen LogP contribution in [0.3, 0.4) is 0 Å². The lowest BCUT2D eigenvalue weighted by atomic mass is 9.52. The molecule has 7 atom stereocenters. The van der Waals surface area contributed by atoms with Gasteiger partial charge in [-0.25, -0.2) is 0 Å². The van der Waals surface area contributed by atoms with Crippen molar-refractivity contribution in [3.8, 4) is 5.75 Å². The quantitative estimate of drug-likeness (QED) is 0.0795. The molecule has 1 aromatic rings. The summed E-state index contributed by atoms with van der Waals surface area (Å²) in [6.07, 6.45) is 3.23. The molecule has 0 aliphatic heterocycles. The molecular weight excluding hydrogens is 649 g/mol. The molecule has 4 rings (SSSR count). The number of halogens is 5. The minimum Gasteiger partial charge on any atom is -0.616 e. The monoisotopic (exact) mass is 697 g/mol. The van der Waals surface area contributed by atoms with Crippen LogP contribution >= 0.6 is 0 Å². The number of aliphatic hydroxyl groups is 1. The van der Waals surface area contributed by atoms with Gasteiger partial charge >= 0.3 is 22.4 Å². The summed E-state index contributed by atoms with van der Waals surface area (Å²) in [5.74, 6) is -2.93. The lowest BCUT2D eigenvalue weighted by molar-refractivity contribution is -0.284. The number of benzene rings is 1. The van der Waals surface area contributed by atoms with Crippen LogP contribution in [0.15, 0.2) is 30.4 Å². The number of hydrogen-bond donors (Lipinski definition) is 2. The molecule has 0 aromatic heterocycles. The van der Waals surface area contributed by atoms with Crippen molar-refractivity contribution in [3.63, 3.8) is 0 Å². The maximum atomic E-state index is 13.0. The molecule has 1 aromatic carbocycles. The number of nitrogens with two attached hydrogens (primary N) is 1. The summed E-state index contributed by atoms with van der Waals surface area (Å²) in [5, 5.41) is 15.9. The third-order valence-corrected chi connectivity index (χ3v) is 12.7. The highest BCUT2D eigenvalue weighted by Gasteiger charge is 2.57. The molecule has 3 aliphatic carbocycles. The van der Waals surface area contributed by atoms with E-state index in [2.05, 4.69) is 13.5 Å². The Morgan fingerprint density at radius 1 is 1.07 bits per heavy atom. The zero-order valence-corrected chi connectivity index (χ0v) is 28.1. The summed E-state index contributed by atoms with van der Waals surface area (Å²) in [6.45, 7) is 6.54.